The van der Waals surface area contributed by atoms with Gasteiger partial charge in [0, 0.05) is 25.0 Å². The lowest BCUT2D eigenvalue weighted by Gasteiger charge is -2.25. The van der Waals surface area contributed by atoms with E-state index in [1.54, 1.807) is 6.26 Å². The van der Waals surface area contributed by atoms with Gasteiger partial charge < -0.3 is 14.4 Å². The molecule has 0 aliphatic carbocycles. The average molecular weight is 308 g/mol. The lowest BCUT2D eigenvalue weighted by Crippen LogP contribution is -2.26. The Kier molecular flexibility index (Phi) is 3.50. The minimum absolute atomic E-state index is 0.767. The molecule has 0 saturated carbocycles. The highest BCUT2D eigenvalue weighted by Gasteiger charge is 2.18. The van der Waals surface area contributed by atoms with Crippen molar-refractivity contribution in [1.29, 1.82) is 0 Å². The second-order valence-corrected chi connectivity index (χ2v) is 6.16. The SMILES string of the molecule is CCc1cnc(-c2nocc2-c2ccc3c(c2)CCN(C)C3)[nH]1. The van der Waals surface area contributed by atoms with Crippen molar-refractivity contribution in [2.24, 2.45) is 0 Å². The molecule has 118 valence electrons. The molecule has 0 saturated heterocycles. The van der Waals surface area contributed by atoms with Crippen LogP contribution in [-0.2, 0) is 19.4 Å². The van der Waals surface area contributed by atoms with Crippen molar-refractivity contribution >= 4 is 0 Å². The second kappa shape index (κ2) is 5.66. The van der Waals surface area contributed by atoms with Crippen molar-refractivity contribution < 1.29 is 4.52 Å². The fourth-order valence-corrected chi connectivity index (χ4v) is 3.13. The van der Waals surface area contributed by atoms with E-state index in [2.05, 4.69) is 52.2 Å². The maximum atomic E-state index is 5.24. The molecule has 3 heterocycles. The highest BCUT2D eigenvalue weighted by molar-refractivity contribution is 5.77. The fraction of sp³-hybridized carbons (Fsp3) is 0.333. The number of fused-ring (bicyclic) bond motifs is 1. The van der Waals surface area contributed by atoms with Crippen molar-refractivity contribution in [3.8, 4) is 22.6 Å². The maximum absolute atomic E-state index is 5.24. The second-order valence-electron chi connectivity index (χ2n) is 6.16. The standard InChI is InChI=1S/C18H20N4O/c1-3-15-9-19-18(20-15)17-16(11-23-21-17)13-4-5-14-10-22(2)7-6-12(14)8-13/h4-5,8-9,11H,3,6-7,10H2,1-2H3,(H,19,20). The molecule has 0 bridgehead atoms. The molecule has 4 rings (SSSR count). The predicted molar refractivity (Wildman–Crippen MR) is 88.9 cm³/mol. The first-order chi connectivity index (χ1) is 11.2. The predicted octanol–water partition coefficient (Wildman–Crippen LogP) is 3.28. The third kappa shape index (κ3) is 2.57. The van der Waals surface area contributed by atoms with Crippen LogP contribution >= 0.6 is 0 Å². The largest absolute Gasteiger partial charge is 0.363 e. The van der Waals surface area contributed by atoms with E-state index in [9.17, 15) is 0 Å². The summed E-state index contributed by atoms with van der Waals surface area (Å²) in [4.78, 5) is 10.1. The summed E-state index contributed by atoms with van der Waals surface area (Å²) in [5.41, 5.74) is 6.83. The van der Waals surface area contributed by atoms with Crippen LogP contribution in [0.1, 0.15) is 23.7 Å². The summed E-state index contributed by atoms with van der Waals surface area (Å²) >= 11 is 0. The highest BCUT2D eigenvalue weighted by atomic mass is 16.5. The molecule has 0 fully saturated rings. The van der Waals surface area contributed by atoms with Crippen LogP contribution in [0.3, 0.4) is 0 Å². The van der Waals surface area contributed by atoms with Crippen molar-refractivity contribution in [3.05, 3.63) is 47.5 Å². The van der Waals surface area contributed by atoms with E-state index in [0.29, 0.717) is 0 Å². The molecule has 0 radical (unpaired) electrons. The van der Waals surface area contributed by atoms with Gasteiger partial charge in [0.1, 0.15) is 6.26 Å². The third-order valence-electron chi connectivity index (χ3n) is 4.52. The molecule has 0 amide bonds. The monoisotopic (exact) mass is 308 g/mol. The fourth-order valence-electron chi connectivity index (χ4n) is 3.13. The van der Waals surface area contributed by atoms with E-state index in [1.807, 2.05) is 6.20 Å². The zero-order chi connectivity index (χ0) is 15.8. The zero-order valence-corrected chi connectivity index (χ0v) is 13.5. The van der Waals surface area contributed by atoms with Crippen LogP contribution in [0.15, 0.2) is 35.2 Å². The molecule has 23 heavy (non-hydrogen) atoms. The molecule has 5 nitrogen and oxygen atoms in total. The minimum Gasteiger partial charge on any atom is -0.363 e. The Morgan fingerprint density at radius 2 is 2.22 bits per heavy atom. The number of hydrogen-bond donors (Lipinski definition) is 1. The normalized spacial score (nSPS) is 14.9. The quantitative estimate of drug-likeness (QED) is 0.806. The Labute approximate surface area is 135 Å². The van der Waals surface area contributed by atoms with Gasteiger partial charge in [0.2, 0.25) is 0 Å². The first-order valence-electron chi connectivity index (χ1n) is 8.04. The summed E-state index contributed by atoms with van der Waals surface area (Å²) < 4.78 is 5.24. The summed E-state index contributed by atoms with van der Waals surface area (Å²) in [6, 6.07) is 6.64. The summed E-state index contributed by atoms with van der Waals surface area (Å²) in [5.74, 6) is 0.767. The van der Waals surface area contributed by atoms with E-state index in [4.69, 9.17) is 4.52 Å². The number of H-pyrrole nitrogens is 1. The van der Waals surface area contributed by atoms with Crippen molar-refractivity contribution in [3.63, 3.8) is 0 Å². The van der Waals surface area contributed by atoms with Crippen molar-refractivity contribution in [1.82, 2.24) is 20.0 Å². The summed E-state index contributed by atoms with van der Waals surface area (Å²) in [6.07, 6.45) is 5.57. The van der Waals surface area contributed by atoms with Gasteiger partial charge in [-0.25, -0.2) is 4.98 Å². The highest BCUT2D eigenvalue weighted by Crippen LogP contribution is 2.32. The number of likely N-dealkylation sites (N-methyl/N-ethyl adjacent to an activating group) is 1. The first kappa shape index (κ1) is 14.2. The summed E-state index contributed by atoms with van der Waals surface area (Å²) in [7, 11) is 2.16. The lowest BCUT2D eigenvalue weighted by molar-refractivity contribution is 0.313. The van der Waals surface area contributed by atoms with Gasteiger partial charge in [-0.05, 0) is 36.6 Å². The molecule has 1 aromatic carbocycles. The van der Waals surface area contributed by atoms with Crippen molar-refractivity contribution in [2.45, 2.75) is 26.3 Å². The average Bonchev–Trinajstić information content (AvgIpc) is 3.23. The van der Waals surface area contributed by atoms with Crippen molar-refractivity contribution in [2.75, 3.05) is 13.6 Å². The molecule has 0 atom stereocenters. The van der Waals surface area contributed by atoms with Crippen LogP contribution in [0.2, 0.25) is 0 Å². The lowest BCUT2D eigenvalue weighted by atomic mass is 9.95. The summed E-state index contributed by atoms with van der Waals surface area (Å²) in [5, 5.41) is 4.16. The molecule has 1 aliphatic heterocycles. The number of hydrogen-bond acceptors (Lipinski definition) is 4. The number of nitrogens with zero attached hydrogens (tertiary/aromatic N) is 3. The van der Waals surface area contributed by atoms with Gasteiger partial charge in [0.15, 0.2) is 11.5 Å². The Morgan fingerprint density at radius 1 is 1.30 bits per heavy atom. The molecule has 0 spiro atoms. The molecular formula is C18H20N4O. The molecule has 0 unspecified atom stereocenters. The molecule has 3 aromatic rings. The third-order valence-corrected chi connectivity index (χ3v) is 4.52. The number of rotatable bonds is 3. The Hall–Kier alpha value is -2.40. The van der Waals surface area contributed by atoms with Gasteiger partial charge in [-0.2, -0.15) is 0 Å². The number of imidazole rings is 1. The minimum atomic E-state index is 0.767. The van der Waals surface area contributed by atoms with Crippen LogP contribution in [0, 0.1) is 0 Å². The first-order valence-corrected chi connectivity index (χ1v) is 8.04. The van der Waals surface area contributed by atoms with E-state index >= 15 is 0 Å². The number of aromatic nitrogens is 3. The van der Waals surface area contributed by atoms with Gasteiger partial charge in [-0.15, -0.1) is 0 Å². The molecule has 5 heteroatoms. The van der Waals surface area contributed by atoms with Gasteiger partial charge >= 0.3 is 0 Å². The van der Waals surface area contributed by atoms with Gasteiger partial charge in [0.05, 0.1) is 5.56 Å². The number of nitrogens with one attached hydrogen (secondary N) is 1. The zero-order valence-electron chi connectivity index (χ0n) is 13.5. The van der Waals surface area contributed by atoms with E-state index < -0.39 is 0 Å². The number of aryl methyl sites for hydroxylation is 1. The van der Waals surface area contributed by atoms with Crippen LogP contribution in [-0.4, -0.2) is 33.6 Å². The molecule has 1 N–H and O–H groups in total. The number of aromatic amines is 1. The van der Waals surface area contributed by atoms with Crippen LogP contribution in [0.5, 0.6) is 0 Å². The van der Waals surface area contributed by atoms with E-state index in [1.165, 1.54) is 11.1 Å². The summed E-state index contributed by atoms with van der Waals surface area (Å²) in [6.45, 7) is 4.22. The van der Waals surface area contributed by atoms with Crippen LogP contribution in [0.25, 0.3) is 22.6 Å². The van der Waals surface area contributed by atoms with Crippen LogP contribution in [0.4, 0.5) is 0 Å². The van der Waals surface area contributed by atoms with E-state index in [-0.39, 0.29) is 0 Å². The van der Waals surface area contributed by atoms with Crippen LogP contribution < -0.4 is 0 Å². The van der Waals surface area contributed by atoms with Gasteiger partial charge in [-0.3, -0.25) is 0 Å². The van der Waals surface area contributed by atoms with Gasteiger partial charge in [0.25, 0.3) is 0 Å². The Bertz CT molecular complexity index is 833. The topological polar surface area (TPSA) is 58.0 Å². The number of benzene rings is 1. The maximum Gasteiger partial charge on any atom is 0.160 e. The van der Waals surface area contributed by atoms with E-state index in [0.717, 1.165) is 54.3 Å². The Balaban J connectivity index is 1.73. The molecular weight excluding hydrogens is 288 g/mol. The molecule has 2 aromatic heterocycles. The smallest absolute Gasteiger partial charge is 0.160 e. The Morgan fingerprint density at radius 3 is 3.04 bits per heavy atom. The molecule has 1 aliphatic rings. The van der Waals surface area contributed by atoms with Gasteiger partial charge in [-0.1, -0.05) is 30.3 Å².